The first-order valence-electron chi connectivity index (χ1n) is 3.47. The molecule has 0 unspecified atom stereocenters. The number of rotatable bonds is 0. The number of nitrogens with one attached hydrogen (secondary N) is 1. The third kappa shape index (κ3) is 1.69. The van der Waals surface area contributed by atoms with E-state index in [1.807, 2.05) is 0 Å². The van der Waals surface area contributed by atoms with Crippen LogP contribution < -0.4 is 4.72 Å². The molecule has 2 rings (SSSR count). The summed E-state index contributed by atoms with van der Waals surface area (Å²) in [6, 6.07) is 1.37. The minimum atomic E-state index is 0.0142. The maximum atomic E-state index is 9.57. The average Bonchev–Trinajstić information content (AvgIpc) is 2.14. The SMILES string of the molecule is Oc1cc(Cl)c(Cl)c2c1N=C(Br)NS2. The van der Waals surface area contributed by atoms with E-state index in [-0.39, 0.29) is 5.75 Å². The lowest BCUT2D eigenvalue weighted by atomic mass is 10.3. The molecule has 3 nitrogen and oxygen atoms in total. The summed E-state index contributed by atoms with van der Waals surface area (Å²) in [7, 11) is 0. The van der Waals surface area contributed by atoms with Gasteiger partial charge < -0.3 is 9.83 Å². The van der Waals surface area contributed by atoms with Gasteiger partial charge in [-0.05, 0) is 27.9 Å². The van der Waals surface area contributed by atoms with Crippen molar-refractivity contribution in [1.82, 2.24) is 4.72 Å². The lowest BCUT2D eigenvalue weighted by molar-refractivity contribution is 0.475. The molecule has 7 heteroatoms. The molecule has 1 aromatic rings. The van der Waals surface area contributed by atoms with Crippen molar-refractivity contribution in [3.63, 3.8) is 0 Å². The van der Waals surface area contributed by atoms with Gasteiger partial charge >= 0.3 is 0 Å². The van der Waals surface area contributed by atoms with Crippen LogP contribution in [0.25, 0.3) is 0 Å². The predicted octanol–water partition coefficient (Wildman–Crippen LogP) is 3.69. The Balaban J connectivity index is 2.70. The van der Waals surface area contributed by atoms with Gasteiger partial charge in [-0.1, -0.05) is 23.2 Å². The minimum Gasteiger partial charge on any atom is -0.506 e. The number of nitrogens with zero attached hydrogens (tertiary/aromatic N) is 1. The van der Waals surface area contributed by atoms with Crippen molar-refractivity contribution in [3.8, 4) is 5.75 Å². The Morgan fingerprint density at radius 1 is 1.50 bits per heavy atom. The molecular weight excluding hydrogens is 311 g/mol. The zero-order valence-electron chi connectivity index (χ0n) is 6.51. The second kappa shape index (κ2) is 3.81. The van der Waals surface area contributed by atoms with Gasteiger partial charge in [-0.2, -0.15) is 0 Å². The summed E-state index contributed by atoms with van der Waals surface area (Å²) in [6.45, 7) is 0. The highest BCUT2D eigenvalue weighted by Gasteiger charge is 2.20. The number of phenols is 1. The number of aromatic hydroxyl groups is 1. The van der Waals surface area contributed by atoms with Crippen LogP contribution in [0.1, 0.15) is 0 Å². The van der Waals surface area contributed by atoms with Crippen molar-refractivity contribution in [2.75, 3.05) is 0 Å². The molecule has 74 valence electrons. The van der Waals surface area contributed by atoms with Crippen LogP contribution in [0.15, 0.2) is 16.0 Å². The fraction of sp³-hybridized carbons (Fsp3) is 0. The topological polar surface area (TPSA) is 44.6 Å². The van der Waals surface area contributed by atoms with E-state index in [1.165, 1.54) is 18.0 Å². The van der Waals surface area contributed by atoms with E-state index in [0.717, 1.165) is 0 Å². The van der Waals surface area contributed by atoms with Crippen LogP contribution in [-0.4, -0.2) is 9.85 Å². The second-order valence-electron chi connectivity index (χ2n) is 2.48. The Morgan fingerprint density at radius 2 is 2.21 bits per heavy atom. The number of benzene rings is 1. The number of fused-ring (bicyclic) bond motifs is 1. The summed E-state index contributed by atoms with van der Waals surface area (Å²) in [5.41, 5.74) is 0.426. The Bertz CT molecular complexity index is 438. The van der Waals surface area contributed by atoms with E-state index < -0.39 is 0 Å². The van der Waals surface area contributed by atoms with Crippen LogP contribution in [0.5, 0.6) is 5.75 Å². The first kappa shape index (κ1) is 10.4. The number of halogens is 3. The highest BCUT2D eigenvalue weighted by atomic mass is 79.9. The second-order valence-corrected chi connectivity index (χ2v) is 4.83. The fourth-order valence-corrected chi connectivity index (χ4v) is 2.61. The normalized spacial score (nSPS) is 14.4. The number of hydrogen-bond donors (Lipinski definition) is 2. The van der Waals surface area contributed by atoms with E-state index in [1.54, 1.807) is 0 Å². The number of amidine groups is 1. The molecule has 0 fully saturated rings. The summed E-state index contributed by atoms with van der Waals surface area (Å²) in [6.07, 6.45) is 0. The molecule has 0 radical (unpaired) electrons. The minimum absolute atomic E-state index is 0.0142. The quantitative estimate of drug-likeness (QED) is 0.567. The van der Waals surface area contributed by atoms with Crippen LogP contribution in [0.4, 0.5) is 5.69 Å². The van der Waals surface area contributed by atoms with Crippen molar-refractivity contribution < 1.29 is 5.11 Å². The van der Waals surface area contributed by atoms with Crippen LogP contribution in [0.3, 0.4) is 0 Å². The zero-order valence-corrected chi connectivity index (χ0v) is 10.4. The molecular formula is C7H3BrCl2N2OS. The molecule has 0 spiro atoms. The molecule has 0 bridgehead atoms. The Kier molecular flexibility index (Phi) is 2.83. The van der Waals surface area contributed by atoms with Crippen LogP contribution in [0, 0.1) is 0 Å². The summed E-state index contributed by atoms with van der Waals surface area (Å²) >= 11 is 16.2. The zero-order chi connectivity index (χ0) is 10.3. The van der Waals surface area contributed by atoms with Gasteiger partial charge in [0, 0.05) is 6.07 Å². The molecule has 0 aliphatic carbocycles. The highest BCUT2D eigenvalue weighted by Crippen LogP contribution is 2.46. The summed E-state index contributed by atoms with van der Waals surface area (Å²) < 4.78 is 3.39. The number of aliphatic imine (C=N–C) groups is 1. The maximum absolute atomic E-state index is 9.57. The molecule has 1 aliphatic heterocycles. The van der Waals surface area contributed by atoms with Gasteiger partial charge in [-0.25, -0.2) is 4.99 Å². The molecule has 0 atom stereocenters. The van der Waals surface area contributed by atoms with E-state index in [4.69, 9.17) is 23.2 Å². The molecule has 14 heavy (non-hydrogen) atoms. The smallest absolute Gasteiger partial charge is 0.181 e. The molecule has 0 amide bonds. The highest BCUT2D eigenvalue weighted by molar-refractivity contribution is 9.18. The predicted molar refractivity (Wildman–Crippen MR) is 63.1 cm³/mol. The summed E-state index contributed by atoms with van der Waals surface area (Å²) in [5.74, 6) is 0.0142. The molecule has 0 saturated heterocycles. The van der Waals surface area contributed by atoms with Crippen LogP contribution in [-0.2, 0) is 0 Å². The van der Waals surface area contributed by atoms with Crippen molar-refractivity contribution >= 4 is 61.5 Å². The third-order valence-electron chi connectivity index (χ3n) is 1.58. The lowest BCUT2D eigenvalue weighted by Gasteiger charge is -2.15. The van der Waals surface area contributed by atoms with Crippen LogP contribution in [0.2, 0.25) is 10.0 Å². The Labute approximate surface area is 103 Å². The molecule has 0 aromatic heterocycles. The van der Waals surface area contributed by atoms with Gasteiger partial charge in [0.1, 0.15) is 11.4 Å². The largest absolute Gasteiger partial charge is 0.506 e. The van der Waals surface area contributed by atoms with Gasteiger partial charge in [0.05, 0.1) is 14.9 Å². The van der Waals surface area contributed by atoms with Gasteiger partial charge in [0.25, 0.3) is 0 Å². The Morgan fingerprint density at radius 3 is 2.93 bits per heavy atom. The van der Waals surface area contributed by atoms with Gasteiger partial charge in [0.2, 0.25) is 0 Å². The van der Waals surface area contributed by atoms with E-state index in [2.05, 4.69) is 25.6 Å². The molecule has 1 aliphatic rings. The van der Waals surface area contributed by atoms with Gasteiger partial charge in [-0.3, -0.25) is 0 Å². The average molecular weight is 314 g/mol. The molecule has 2 N–H and O–H groups in total. The van der Waals surface area contributed by atoms with Crippen molar-refractivity contribution in [2.45, 2.75) is 4.90 Å². The first-order valence-corrected chi connectivity index (χ1v) is 5.84. The Hall–Kier alpha value is -0.100. The van der Waals surface area contributed by atoms with Crippen molar-refractivity contribution in [3.05, 3.63) is 16.1 Å². The van der Waals surface area contributed by atoms with Crippen molar-refractivity contribution in [1.29, 1.82) is 0 Å². The van der Waals surface area contributed by atoms with Crippen LogP contribution >= 0.6 is 51.1 Å². The maximum Gasteiger partial charge on any atom is 0.181 e. The van der Waals surface area contributed by atoms with Crippen molar-refractivity contribution in [2.24, 2.45) is 4.99 Å². The lowest BCUT2D eigenvalue weighted by Crippen LogP contribution is -2.11. The standard InChI is InChI=1S/C7H3BrCl2N2OS/c8-7-11-5-3(13)1-2(9)4(10)6(5)14-12-7/h1,13H,(H,11,12). The number of hydrogen-bond acceptors (Lipinski definition) is 4. The molecule has 0 saturated carbocycles. The van der Waals surface area contributed by atoms with E-state index in [0.29, 0.717) is 25.4 Å². The fourth-order valence-electron chi connectivity index (χ4n) is 0.996. The van der Waals surface area contributed by atoms with Gasteiger partial charge in [-0.15, -0.1) is 0 Å². The molecule has 1 aromatic carbocycles. The number of phenolic OH excluding ortho intramolecular Hbond substituents is 1. The third-order valence-corrected chi connectivity index (χ3v) is 4.01. The molecule has 1 heterocycles. The summed E-state index contributed by atoms with van der Waals surface area (Å²) in [5, 5.41) is 10.3. The van der Waals surface area contributed by atoms with E-state index >= 15 is 0 Å². The first-order chi connectivity index (χ1) is 6.59. The summed E-state index contributed by atoms with van der Waals surface area (Å²) in [4.78, 5) is 4.68. The monoisotopic (exact) mass is 312 g/mol. The van der Waals surface area contributed by atoms with Gasteiger partial charge in [0.15, 0.2) is 4.74 Å². The van der Waals surface area contributed by atoms with E-state index in [9.17, 15) is 5.11 Å².